The van der Waals surface area contributed by atoms with E-state index < -0.39 is 5.60 Å². The van der Waals surface area contributed by atoms with Crippen molar-refractivity contribution in [3.05, 3.63) is 0 Å². The first-order chi connectivity index (χ1) is 8.92. The van der Waals surface area contributed by atoms with Gasteiger partial charge in [0.25, 0.3) is 0 Å². The highest BCUT2D eigenvalue weighted by atomic mass is 16.6. The molecule has 1 fully saturated rings. The second-order valence-corrected chi connectivity index (χ2v) is 6.12. The Hall–Kier alpha value is -0.810. The summed E-state index contributed by atoms with van der Waals surface area (Å²) in [7, 11) is 1.99. The van der Waals surface area contributed by atoms with Gasteiger partial charge in [-0.3, -0.25) is 4.90 Å². The third kappa shape index (κ3) is 6.78. The summed E-state index contributed by atoms with van der Waals surface area (Å²) in [6.45, 7) is 11.4. The molecule has 0 radical (unpaired) electrons. The van der Waals surface area contributed by atoms with Crippen LogP contribution in [0.2, 0.25) is 0 Å². The standard InChI is InChI=1S/C14H29N3O2/c1-14(2,3)19-13(18)17-11-9-16(10-12-17)8-6-5-7-15-4/h15H,5-12H2,1-4H3. The number of carbonyl (C=O) groups is 1. The summed E-state index contributed by atoms with van der Waals surface area (Å²) in [5.74, 6) is 0. The van der Waals surface area contributed by atoms with Gasteiger partial charge in [-0.15, -0.1) is 0 Å². The molecule has 19 heavy (non-hydrogen) atoms. The monoisotopic (exact) mass is 271 g/mol. The molecule has 0 unspecified atom stereocenters. The lowest BCUT2D eigenvalue weighted by Crippen LogP contribution is -2.50. The summed E-state index contributed by atoms with van der Waals surface area (Å²) in [5, 5.41) is 3.16. The van der Waals surface area contributed by atoms with Crippen LogP contribution in [-0.4, -0.2) is 67.8 Å². The van der Waals surface area contributed by atoms with Crippen molar-refractivity contribution < 1.29 is 9.53 Å². The molecule has 1 N–H and O–H groups in total. The van der Waals surface area contributed by atoms with E-state index in [4.69, 9.17) is 4.74 Å². The lowest BCUT2D eigenvalue weighted by molar-refractivity contribution is 0.0144. The Morgan fingerprint density at radius 3 is 2.32 bits per heavy atom. The minimum Gasteiger partial charge on any atom is -0.444 e. The van der Waals surface area contributed by atoms with Gasteiger partial charge in [-0.25, -0.2) is 4.79 Å². The number of piperazine rings is 1. The van der Waals surface area contributed by atoms with Crippen molar-refractivity contribution in [3.8, 4) is 0 Å². The molecule has 0 saturated carbocycles. The second kappa shape index (κ2) is 7.70. The van der Waals surface area contributed by atoms with E-state index in [0.717, 1.165) is 39.3 Å². The van der Waals surface area contributed by atoms with E-state index in [9.17, 15) is 4.79 Å². The van der Waals surface area contributed by atoms with Gasteiger partial charge in [-0.1, -0.05) is 0 Å². The predicted molar refractivity (Wildman–Crippen MR) is 77.4 cm³/mol. The van der Waals surface area contributed by atoms with Crippen molar-refractivity contribution in [1.82, 2.24) is 15.1 Å². The Kier molecular flexibility index (Phi) is 6.58. The predicted octanol–water partition coefficient (Wildman–Crippen LogP) is 1.54. The minimum atomic E-state index is -0.401. The van der Waals surface area contributed by atoms with E-state index in [1.54, 1.807) is 0 Å². The summed E-state index contributed by atoms with van der Waals surface area (Å²) in [4.78, 5) is 16.1. The number of nitrogens with one attached hydrogen (secondary N) is 1. The van der Waals surface area contributed by atoms with Crippen molar-refractivity contribution in [2.45, 2.75) is 39.2 Å². The Morgan fingerprint density at radius 1 is 1.16 bits per heavy atom. The third-order valence-electron chi connectivity index (χ3n) is 3.18. The SMILES string of the molecule is CNCCCCN1CCN(C(=O)OC(C)(C)C)CC1. The van der Waals surface area contributed by atoms with Crippen LogP contribution < -0.4 is 5.32 Å². The zero-order chi connectivity index (χ0) is 14.3. The number of unbranched alkanes of at least 4 members (excludes halogenated alkanes) is 1. The quantitative estimate of drug-likeness (QED) is 0.770. The van der Waals surface area contributed by atoms with E-state index >= 15 is 0 Å². The van der Waals surface area contributed by atoms with Crippen LogP contribution in [0.4, 0.5) is 4.79 Å². The Labute approximate surface area is 117 Å². The molecule has 5 nitrogen and oxygen atoms in total. The Bertz CT molecular complexity index is 268. The zero-order valence-corrected chi connectivity index (χ0v) is 12.9. The Balaban J connectivity index is 2.19. The molecule has 1 aliphatic heterocycles. The van der Waals surface area contributed by atoms with Crippen LogP contribution in [0.1, 0.15) is 33.6 Å². The highest BCUT2D eigenvalue weighted by molar-refractivity contribution is 5.68. The van der Waals surface area contributed by atoms with Gasteiger partial charge < -0.3 is 15.0 Å². The number of nitrogens with zero attached hydrogens (tertiary/aromatic N) is 2. The van der Waals surface area contributed by atoms with Gasteiger partial charge in [0.05, 0.1) is 0 Å². The van der Waals surface area contributed by atoms with Gasteiger partial charge in [0.15, 0.2) is 0 Å². The maximum atomic E-state index is 11.9. The molecule has 112 valence electrons. The molecule has 0 aromatic carbocycles. The van der Waals surface area contributed by atoms with Crippen LogP contribution in [0.5, 0.6) is 0 Å². The van der Waals surface area contributed by atoms with E-state index in [0.29, 0.717) is 0 Å². The van der Waals surface area contributed by atoms with Crippen LogP contribution in [0.25, 0.3) is 0 Å². The number of hydrogen-bond donors (Lipinski definition) is 1. The molecule has 1 amide bonds. The topological polar surface area (TPSA) is 44.8 Å². The highest BCUT2D eigenvalue weighted by Crippen LogP contribution is 2.12. The van der Waals surface area contributed by atoms with Gasteiger partial charge in [0.2, 0.25) is 0 Å². The number of hydrogen-bond acceptors (Lipinski definition) is 4. The third-order valence-corrected chi connectivity index (χ3v) is 3.18. The number of carbonyl (C=O) groups excluding carboxylic acids is 1. The van der Waals surface area contributed by atoms with Gasteiger partial charge in [-0.2, -0.15) is 0 Å². The Morgan fingerprint density at radius 2 is 1.79 bits per heavy atom. The summed E-state index contributed by atoms with van der Waals surface area (Å²) >= 11 is 0. The van der Waals surface area contributed by atoms with Crippen molar-refractivity contribution in [2.24, 2.45) is 0 Å². The van der Waals surface area contributed by atoms with Crippen LogP contribution in [0.15, 0.2) is 0 Å². The molecular weight excluding hydrogens is 242 g/mol. The number of rotatable bonds is 5. The van der Waals surface area contributed by atoms with Crippen molar-refractivity contribution in [3.63, 3.8) is 0 Å². The van der Waals surface area contributed by atoms with Gasteiger partial charge >= 0.3 is 6.09 Å². The molecule has 0 aromatic rings. The maximum Gasteiger partial charge on any atom is 0.410 e. The fourth-order valence-electron chi connectivity index (χ4n) is 2.12. The average Bonchev–Trinajstić information content (AvgIpc) is 2.33. The van der Waals surface area contributed by atoms with Crippen molar-refractivity contribution in [2.75, 3.05) is 46.3 Å². The maximum absolute atomic E-state index is 11.9. The van der Waals surface area contributed by atoms with Crippen LogP contribution in [-0.2, 0) is 4.74 Å². The first-order valence-corrected chi connectivity index (χ1v) is 7.27. The lowest BCUT2D eigenvalue weighted by Gasteiger charge is -2.35. The summed E-state index contributed by atoms with van der Waals surface area (Å²) in [5.41, 5.74) is -0.401. The molecule has 1 saturated heterocycles. The first kappa shape index (κ1) is 16.2. The summed E-state index contributed by atoms with van der Waals surface area (Å²) < 4.78 is 5.39. The normalized spacial score (nSPS) is 17.6. The van der Waals surface area contributed by atoms with E-state index in [2.05, 4.69) is 10.2 Å². The van der Waals surface area contributed by atoms with Crippen molar-refractivity contribution in [1.29, 1.82) is 0 Å². The largest absolute Gasteiger partial charge is 0.444 e. The van der Waals surface area contributed by atoms with Crippen molar-refractivity contribution >= 4 is 6.09 Å². The molecule has 1 rings (SSSR count). The van der Waals surface area contributed by atoms with Crippen LogP contribution in [0.3, 0.4) is 0 Å². The van der Waals surface area contributed by atoms with Gasteiger partial charge in [0, 0.05) is 26.2 Å². The smallest absolute Gasteiger partial charge is 0.410 e. The molecule has 0 spiro atoms. The fourth-order valence-corrected chi connectivity index (χ4v) is 2.12. The molecule has 1 aliphatic rings. The molecule has 1 heterocycles. The molecule has 0 atom stereocenters. The molecular formula is C14H29N3O2. The lowest BCUT2D eigenvalue weighted by atomic mass is 10.2. The number of amides is 1. The molecule has 0 aliphatic carbocycles. The minimum absolute atomic E-state index is 0.178. The van der Waals surface area contributed by atoms with Crippen LogP contribution in [0, 0.1) is 0 Å². The molecule has 0 bridgehead atoms. The summed E-state index contributed by atoms with van der Waals surface area (Å²) in [6, 6.07) is 0. The summed E-state index contributed by atoms with van der Waals surface area (Å²) in [6.07, 6.45) is 2.25. The average molecular weight is 271 g/mol. The number of ether oxygens (including phenoxy) is 1. The fraction of sp³-hybridized carbons (Fsp3) is 0.929. The van der Waals surface area contributed by atoms with Gasteiger partial charge in [-0.05, 0) is 53.8 Å². The molecule has 5 heteroatoms. The van der Waals surface area contributed by atoms with E-state index in [-0.39, 0.29) is 6.09 Å². The van der Waals surface area contributed by atoms with Crippen LogP contribution >= 0.6 is 0 Å². The zero-order valence-electron chi connectivity index (χ0n) is 12.9. The second-order valence-electron chi connectivity index (χ2n) is 6.12. The first-order valence-electron chi connectivity index (χ1n) is 7.27. The van der Waals surface area contributed by atoms with E-state index in [1.165, 1.54) is 12.8 Å². The molecule has 0 aromatic heterocycles. The highest BCUT2D eigenvalue weighted by Gasteiger charge is 2.25. The van der Waals surface area contributed by atoms with E-state index in [1.807, 2.05) is 32.7 Å². The van der Waals surface area contributed by atoms with Gasteiger partial charge in [0.1, 0.15) is 5.60 Å².